The second-order valence-electron chi connectivity index (χ2n) is 13.3. The van der Waals surface area contributed by atoms with Crippen molar-refractivity contribution >= 4 is 51.2 Å². The SMILES string of the molecule is CC1CC=Cc2c1n(-c1nc(N3C4C=CC=NC4C4C(C)CC=CC43)nc(-n3c4ccccc4c4ncccc43)n1)c1cccnc21. The summed E-state index contributed by atoms with van der Waals surface area (Å²) in [6.07, 6.45) is 21.1. The number of aromatic nitrogens is 7. The molecule has 0 amide bonds. The molecular formula is C38H33N9. The van der Waals surface area contributed by atoms with Crippen LogP contribution in [-0.2, 0) is 0 Å². The van der Waals surface area contributed by atoms with E-state index in [2.05, 4.69) is 101 Å². The number of nitrogens with zero attached hydrogens (tertiary/aromatic N) is 9. The van der Waals surface area contributed by atoms with Crippen LogP contribution in [0.4, 0.5) is 5.95 Å². The lowest BCUT2D eigenvalue weighted by atomic mass is 9.78. The molecule has 1 aromatic carbocycles. The monoisotopic (exact) mass is 615 g/mol. The fourth-order valence-electron chi connectivity index (χ4n) is 8.62. The van der Waals surface area contributed by atoms with Crippen LogP contribution in [0.2, 0.25) is 0 Å². The van der Waals surface area contributed by atoms with Crippen LogP contribution < -0.4 is 4.90 Å². The summed E-state index contributed by atoms with van der Waals surface area (Å²) in [6.45, 7) is 4.62. The molecule has 0 saturated carbocycles. The number of pyridine rings is 2. The van der Waals surface area contributed by atoms with E-state index in [0.717, 1.165) is 51.4 Å². The fraction of sp³-hybridized carbons (Fsp3) is 0.263. The van der Waals surface area contributed by atoms with Gasteiger partial charge in [-0.1, -0.05) is 62.4 Å². The van der Waals surface area contributed by atoms with Crippen LogP contribution in [0.15, 0.2) is 96.3 Å². The number of rotatable bonds is 3. The molecule has 0 N–H and O–H groups in total. The largest absolute Gasteiger partial charge is 0.325 e. The topological polar surface area (TPSA) is 89.9 Å². The third kappa shape index (κ3) is 3.77. The van der Waals surface area contributed by atoms with Crippen molar-refractivity contribution in [3.8, 4) is 11.9 Å². The van der Waals surface area contributed by atoms with E-state index in [0.29, 0.717) is 29.7 Å². The summed E-state index contributed by atoms with van der Waals surface area (Å²) in [5, 5.41) is 1.06. The van der Waals surface area contributed by atoms with Crippen molar-refractivity contribution in [1.82, 2.24) is 34.1 Å². The smallest absolute Gasteiger partial charge is 0.241 e. The third-order valence-corrected chi connectivity index (χ3v) is 10.6. The summed E-state index contributed by atoms with van der Waals surface area (Å²) in [5.41, 5.74) is 7.16. The number of hydrogen-bond acceptors (Lipinski definition) is 7. The molecule has 230 valence electrons. The second kappa shape index (κ2) is 10.0. The Hall–Kier alpha value is -5.44. The molecule has 9 heteroatoms. The lowest BCUT2D eigenvalue weighted by Gasteiger charge is -2.32. The summed E-state index contributed by atoms with van der Waals surface area (Å²) in [4.78, 5) is 33.2. The van der Waals surface area contributed by atoms with E-state index >= 15 is 0 Å². The zero-order valence-corrected chi connectivity index (χ0v) is 26.2. The van der Waals surface area contributed by atoms with Crippen LogP contribution in [0.3, 0.4) is 0 Å². The molecule has 2 aliphatic heterocycles. The van der Waals surface area contributed by atoms with Crippen LogP contribution >= 0.6 is 0 Å². The Morgan fingerprint density at radius 2 is 1.45 bits per heavy atom. The number of anilines is 1. The molecule has 6 aromatic rings. The first-order valence-corrected chi connectivity index (χ1v) is 16.6. The number of allylic oxidation sites excluding steroid dienone is 3. The molecule has 1 fully saturated rings. The maximum Gasteiger partial charge on any atom is 0.241 e. The van der Waals surface area contributed by atoms with Crippen molar-refractivity contribution in [3.05, 3.63) is 103 Å². The minimum Gasteiger partial charge on any atom is -0.325 e. The Morgan fingerprint density at radius 1 is 0.702 bits per heavy atom. The van der Waals surface area contributed by atoms with E-state index in [-0.39, 0.29) is 24.0 Å². The van der Waals surface area contributed by atoms with Gasteiger partial charge in [0.15, 0.2) is 0 Å². The van der Waals surface area contributed by atoms with Gasteiger partial charge in [-0.05, 0) is 55.2 Å². The molecule has 2 aliphatic carbocycles. The fourth-order valence-corrected chi connectivity index (χ4v) is 8.62. The van der Waals surface area contributed by atoms with Crippen LogP contribution in [-0.4, -0.2) is 58.4 Å². The van der Waals surface area contributed by atoms with Gasteiger partial charge in [-0.15, -0.1) is 0 Å². The van der Waals surface area contributed by atoms with Crippen molar-refractivity contribution in [3.63, 3.8) is 0 Å². The number of aliphatic imine (C=N–C) groups is 1. The predicted molar refractivity (Wildman–Crippen MR) is 187 cm³/mol. The van der Waals surface area contributed by atoms with Gasteiger partial charge in [0.05, 0.1) is 45.7 Å². The van der Waals surface area contributed by atoms with Crippen LogP contribution in [0.5, 0.6) is 0 Å². The van der Waals surface area contributed by atoms with Crippen molar-refractivity contribution in [2.24, 2.45) is 16.8 Å². The molecule has 6 unspecified atom stereocenters. The summed E-state index contributed by atoms with van der Waals surface area (Å²) < 4.78 is 4.37. The lowest BCUT2D eigenvalue weighted by molar-refractivity contribution is 0.313. The number of dihydropyridines is 1. The summed E-state index contributed by atoms with van der Waals surface area (Å²) in [6, 6.07) is 16.9. The van der Waals surface area contributed by atoms with E-state index in [4.69, 9.17) is 29.9 Å². The quantitative estimate of drug-likeness (QED) is 0.199. The zero-order valence-electron chi connectivity index (χ0n) is 26.2. The first kappa shape index (κ1) is 26.7. The van der Waals surface area contributed by atoms with Crippen molar-refractivity contribution in [2.45, 2.75) is 50.7 Å². The Morgan fingerprint density at radius 3 is 2.32 bits per heavy atom. The van der Waals surface area contributed by atoms with E-state index in [1.165, 1.54) is 5.69 Å². The van der Waals surface area contributed by atoms with Gasteiger partial charge in [-0.2, -0.15) is 15.0 Å². The second-order valence-corrected chi connectivity index (χ2v) is 13.3. The Labute approximate surface area is 271 Å². The molecule has 5 aromatic heterocycles. The molecule has 10 rings (SSSR count). The highest BCUT2D eigenvalue weighted by Crippen LogP contribution is 2.45. The molecule has 1 saturated heterocycles. The third-order valence-electron chi connectivity index (χ3n) is 10.6. The highest BCUT2D eigenvalue weighted by Gasteiger charge is 2.51. The van der Waals surface area contributed by atoms with Crippen molar-refractivity contribution in [1.29, 1.82) is 0 Å². The van der Waals surface area contributed by atoms with Crippen molar-refractivity contribution < 1.29 is 0 Å². The minimum atomic E-state index is 0.0435. The summed E-state index contributed by atoms with van der Waals surface area (Å²) in [7, 11) is 0. The molecule has 9 nitrogen and oxygen atoms in total. The van der Waals surface area contributed by atoms with Gasteiger partial charge in [0, 0.05) is 47.1 Å². The first-order valence-electron chi connectivity index (χ1n) is 16.6. The highest BCUT2D eigenvalue weighted by molar-refractivity contribution is 6.06. The molecule has 4 aliphatic rings. The molecule has 0 bridgehead atoms. The lowest BCUT2D eigenvalue weighted by Crippen LogP contribution is -2.40. The molecular weight excluding hydrogens is 582 g/mol. The Kier molecular flexibility index (Phi) is 5.71. The predicted octanol–water partition coefficient (Wildman–Crippen LogP) is 7.00. The van der Waals surface area contributed by atoms with Gasteiger partial charge in [0.25, 0.3) is 0 Å². The van der Waals surface area contributed by atoms with Crippen LogP contribution in [0.1, 0.15) is 43.9 Å². The van der Waals surface area contributed by atoms with Gasteiger partial charge in [0.1, 0.15) is 0 Å². The highest BCUT2D eigenvalue weighted by atomic mass is 15.4. The van der Waals surface area contributed by atoms with E-state index < -0.39 is 0 Å². The first-order chi connectivity index (χ1) is 23.2. The van der Waals surface area contributed by atoms with E-state index in [1.807, 2.05) is 30.7 Å². The molecule has 7 heterocycles. The molecule has 0 radical (unpaired) electrons. The zero-order chi connectivity index (χ0) is 31.2. The number of fused-ring (bicyclic) bond motifs is 9. The van der Waals surface area contributed by atoms with Crippen molar-refractivity contribution in [2.75, 3.05) is 4.90 Å². The minimum absolute atomic E-state index is 0.0435. The van der Waals surface area contributed by atoms with Gasteiger partial charge in [-0.25, -0.2) is 0 Å². The maximum atomic E-state index is 5.39. The van der Waals surface area contributed by atoms with Gasteiger partial charge in [-0.3, -0.25) is 24.1 Å². The molecule has 0 spiro atoms. The molecule has 6 atom stereocenters. The standard InChI is InChI=1S/C38H33N9/c1-22-10-6-15-27-31(22)34-30(18-9-21-41-34)46(27)37-42-36(45-26-14-4-3-12-24(26)32-28(45)16-7-19-39-32)43-38(44-37)47-29-17-8-20-40-33(29)25-13-5-11-23(2)35(25)47/h3-9,12-23,27,30-31,34H,10-11H2,1-2H3. The average molecular weight is 616 g/mol. The normalized spacial score (nSPS) is 26.0. The summed E-state index contributed by atoms with van der Waals surface area (Å²) in [5.74, 6) is 2.94. The average Bonchev–Trinajstić information content (AvgIpc) is 3.75. The number of para-hydroxylation sites is 1. The van der Waals surface area contributed by atoms with E-state index in [9.17, 15) is 0 Å². The Bertz CT molecular complexity index is 2300. The van der Waals surface area contributed by atoms with Gasteiger partial charge >= 0.3 is 0 Å². The van der Waals surface area contributed by atoms with E-state index in [1.54, 1.807) is 0 Å². The number of benzene rings is 1. The van der Waals surface area contributed by atoms with Gasteiger partial charge < -0.3 is 4.90 Å². The van der Waals surface area contributed by atoms with Crippen LogP contribution in [0, 0.1) is 11.8 Å². The van der Waals surface area contributed by atoms with Crippen LogP contribution in [0.25, 0.3) is 50.9 Å². The van der Waals surface area contributed by atoms with Gasteiger partial charge in [0.2, 0.25) is 17.8 Å². The molecule has 47 heavy (non-hydrogen) atoms. The number of hydrogen-bond donors (Lipinski definition) is 0. The summed E-state index contributed by atoms with van der Waals surface area (Å²) >= 11 is 0. The Balaban J connectivity index is 1.29. The maximum absolute atomic E-state index is 5.39.